The molecule has 81 heavy (non-hydrogen) atoms. The lowest BCUT2D eigenvalue weighted by Gasteiger charge is -2.20. The number of hydrogen-bond donors (Lipinski definition) is 3. The third-order valence-corrected chi connectivity index (χ3v) is 17.2. The van der Waals surface area contributed by atoms with Crippen molar-refractivity contribution >= 4 is 11.9 Å². The monoisotopic (exact) mass is 1140 g/mol. The van der Waals surface area contributed by atoms with Gasteiger partial charge in [0.05, 0.1) is 25.4 Å². The maximum Gasteiger partial charge on any atom is 0.305 e. The molecule has 2 atom stereocenters. The van der Waals surface area contributed by atoms with Crippen molar-refractivity contribution in [3.05, 3.63) is 36.5 Å². The minimum Gasteiger partial charge on any atom is -0.466 e. The fraction of sp³-hybridized carbons (Fsp3) is 0.893. The van der Waals surface area contributed by atoms with Gasteiger partial charge in [0.15, 0.2) is 0 Å². The molecule has 3 N–H and O–H groups in total. The topological polar surface area (TPSA) is 95.9 Å². The predicted octanol–water partition coefficient (Wildman–Crippen LogP) is 23.9. The molecule has 0 heterocycles. The molecule has 0 aliphatic carbocycles. The molecule has 6 heteroatoms. The molecule has 0 saturated carbocycles. The number of carbonyl (C=O) groups excluding carboxylic acids is 2. The highest BCUT2D eigenvalue weighted by Gasteiger charge is 2.18. The molecule has 0 bridgehead atoms. The second kappa shape index (κ2) is 70.6. The Morgan fingerprint density at radius 1 is 0.346 bits per heavy atom. The first-order chi connectivity index (χ1) is 40.0. The van der Waals surface area contributed by atoms with Crippen LogP contribution in [0.1, 0.15) is 406 Å². The molecule has 0 radical (unpaired) electrons. The van der Waals surface area contributed by atoms with Gasteiger partial charge in [0.2, 0.25) is 5.91 Å². The second-order valence-corrected chi connectivity index (χ2v) is 25.3. The SMILES string of the molecule is CCCC/C=C\C/C=C\CCCCCCCC(=O)OCCCCCCCCCCCCCCCCCCCCCCCCCCCCCC(=O)NC(CO)C(O)/C=C/CCCCCCCCCCCCCCCCCCCCCCC. The van der Waals surface area contributed by atoms with Crippen LogP contribution in [0.3, 0.4) is 0 Å². The number of aliphatic hydroxyl groups is 2. The van der Waals surface area contributed by atoms with Crippen LogP contribution in [-0.2, 0) is 14.3 Å². The van der Waals surface area contributed by atoms with Gasteiger partial charge in [0.1, 0.15) is 0 Å². The van der Waals surface area contributed by atoms with E-state index in [1.54, 1.807) is 6.08 Å². The Morgan fingerprint density at radius 3 is 0.975 bits per heavy atom. The molecule has 0 saturated heterocycles. The average molecular weight is 1140 g/mol. The largest absolute Gasteiger partial charge is 0.466 e. The number of carbonyl (C=O) groups is 2. The Labute approximate surface area is 506 Å². The molecule has 0 aliphatic rings. The van der Waals surface area contributed by atoms with Crippen LogP contribution in [-0.4, -0.2) is 47.4 Å². The average Bonchev–Trinajstić information content (AvgIpc) is 3.47. The van der Waals surface area contributed by atoms with E-state index in [-0.39, 0.29) is 18.5 Å². The number of unbranched alkanes of at least 4 members (excludes halogenated alkanes) is 54. The van der Waals surface area contributed by atoms with Gasteiger partial charge in [-0.1, -0.05) is 371 Å². The lowest BCUT2D eigenvalue weighted by Crippen LogP contribution is -2.45. The Bertz CT molecular complexity index is 1310. The Balaban J connectivity index is 3.38. The third-order valence-electron chi connectivity index (χ3n) is 17.2. The van der Waals surface area contributed by atoms with Gasteiger partial charge >= 0.3 is 5.97 Å². The van der Waals surface area contributed by atoms with Crippen LogP contribution in [0.2, 0.25) is 0 Å². The number of nitrogens with one attached hydrogen (secondary N) is 1. The summed E-state index contributed by atoms with van der Waals surface area (Å²) in [5.41, 5.74) is 0. The fourth-order valence-corrected chi connectivity index (χ4v) is 11.5. The first-order valence-electron chi connectivity index (χ1n) is 36.8. The highest BCUT2D eigenvalue weighted by Crippen LogP contribution is 2.19. The van der Waals surface area contributed by atoms with Crippen LogP contribution in [0.25, 0.3) is 0 Å². The zero-order chi connectivity index (χ0) is 58.5. The lowest BCUT2D eigenvalue weighted by atomic mass is 10.0. The highest BCUT2D eigenvalue weighted by atomic mass is 16.5. The van der Waals surface area contributed by atoms with E-state index in [1.807, 2.05) is 6.08 Å². The molecule has 2 unspecified atom stereocenters. The summed E-state index contributed by atoms with van der Waals surface area (Å²) in [5, 5.41) is 23.3. The van der Waals surface area contributed by atoms with Gasteiger partial charge in [-0.15, -0.1) is 0 Å². The number of ether oxygens (including phenoxy) is 1. The summed E-state index contributed by atoms with van der Waals surface area (Å²) in [6, 6.07) is -0.627. The summed E-state index contributed by atoms with van der Waals surface area (Å²) >= 11 is 0. The van der Waals surface area contributed by atoms with Gasteiger partial charge in [0, 0.05) is 12.8 Å². The Kier molecular flexibility index (Phi) is 68.9. The normalized spacial score (nSPS) is 12.7. The minimum atomic E-state index is -0.844. The van der Waals surface area contributed by atoms with Crippen molar-refractivity contribution in [3.8, 4) is 0 Å². The number of aliphatic hydroxyl groups excluding tert-OH is 2. The van der Waals surface area contributed by atoms with E-state index in [2.05, 4.69) is 43.5 Å². The molecule has 0 aromatic heterocycles. The van der Waals surface area contributed by atoms with Crippen LogP contribution in [0, 0.1) is 0 Å². The molecule has 1 amide bonds. The number of hydrogen-bond acceptors (Lipinski definition) is 5. The zero-order valence-electron chi connectivity index (χ0n) is 54.8. The maximum absolute atomic E-state index is 12.5. The quantitative estimate of drug-likeness (QED) is 0.0320. The summed E-state index contributed by atoms with van der Waals surface area (Å²) in [7, 11) is 0. The summed E-state index contributed by atoms with van der Waals surface area (Å²) in [4.78, 5) is 24.6. The van der Waals surface area contributed by atoms with Crippen LogP contribution in [0.15, 0.2) is 36.5 Å². The van der Waals surface area contributed by atoms with E-state index in [0.717, 1.165) is 51.4 Å². The Morgan fingerprint density at radius 2 is 0.630 bits per heavy atom. The summed E-state index contributed by atoms with van der Waals surface area (Å²) < 4.78 is 5.48. The van der Waals surface area contributed by atoms with Crippen molar-refractivity contribution in [2.24, 2.45) is 0 Å². The number of amides is 1. The van der Waals surface area contributed by atoms with Crippen LogP contribution < -0.4 is 5.32 Å². The second-order valence-electron chi connectivity index (χ2n) is 25.3. The fourth-order valence-electron chi connectivity index (χ4n) is 11.5. The van der Waals surface area contributed by atoms with Crippen molar-refractivity contribution < 1.29 is 24.5 Å². The molecule has 0 spiro atoms. The first kappa shape index (κ1) is 79.1. The third kappa shape index (κ3) is 67.1. The van der Waals surface area contributed by atoms with E-state index >= 15 is 0 Å². The molecule has 0 fully saturated rings. The first-order valence-corrected chi connectivity index (χ1v) is 36.8. The molecule has 0 rings (SSSR count). The molecule has 478 valence electrons. The maximum atomic E-state index is 12.5. The number of esters is 1. The van der Waals surface area contributed by atoms with Gasteiger partial charge in [-0.25, -0.2) is 0 Å². The van der Waals surface area contributed by atoms with E-state index in [4.69, 9.17) is 4.74 Å². The summed E-state index contributed by atoms with van der Waals surface area (Å²) in [5.74, 6) is -0.0575. The van der Waals surface area contributed by atoms with E-state index < -0.39 is 12.1 Å². The van der Waals surface area contributed by atoms with Crippen molar-refractivity contribution in [1.82, 2.24) is 5.32 Å². The molecule has 0 aromatic rings. The molecule has 0 aromatic carbocycles. The van der Waals surface area contributed by atoms with Crippen molar-refractivity contribution in [1.29, 1.82) is 0 Å². The van der Waals surface area contributed by atoms with Crippen LogP contribution in [0.4, 0.5) is 0 Å². The predicted molar refractivity (Wildman–Crippen MR) is 356 cm³/mol. The number of rotatable bonds is 69. The van der Waals surface area contributed by atoms with Crippen molar-refractivity contribution in [3.63, 3.8) is 0 Å². The molecule has 0 aliphatic heterocycles. The van der Waals surface area contributed by atoms with Crippen LogP contribution in [0.5, 0.6) is 0 Å². The Hall–Kier alpha value is -1.92. The number of allylic oxidation sites excluding steroid dienone is 5. The van der Waals surface area contributed by atoms with Crippen molar-refractivity contribution in [2.45, 2.75) is 418 Å². The molecule has 6 nitrogen and oxygen atoms in total. The molecular weight excluding hydrogens is 995 g/mol. The molecular formula is C75H143NO5. The van der Waals surface area contributed by atoms with E-state index in [1.165, 1.54) is 327 Å². The van der Waals surface area contributed by atoms with Gasteiger partial charge in [-0.2, -0.15) is 0 Å². The van der Waals surface area contributed by atoms with E-state index in [9.17, 15) is 19.8 Å². The van der Waals surface area contributed by atoms with E-state index in [0.29, 0.717) is 19.4 Å². The van der Waals surface area contributed by atoms with Crippen molar-refractivity contribution in [2.75, 3.05) is 13.2 Å². The lowest BCUT2D eigenvalue weighted by molar-refractivity contribution is -0.143. The smallest absolute Gasteiger partial charge is 0.305 e. The van der Waals surface area contributed by atoms with Gasteiger partial charge in [0.25, 0.3) is 0 Å². The zero-order valence-corrected chi connectivity index (χ0v) is 54.8. The summed E-state index contributed by atoms with van der Waals surface area (Å²) in [6.07, 6.45) is 90.9. The van der Waals surface area contributed by atoms with Crippen LogP contribution >= 0.6 is 0 Å². The minimum absolute atomic E-state index is 0.00356. The summed E-state index contributed by atoms with van der Waals surface area (Å²) in [6.45, 7) is 4.90. The standard InChI is InChI=1S/C75H143NO5/c1-3-5-7-9-11-13-15-17-19-20-21-22-28-31-34-37-40-43-47-51-55-59-63-67-73(78)72(71-77)76-74(79)68-64-60-56-52-48-44-41-38-35-32-29-26-24-23-25-27-30-33-36-39-42-46-50-54-58-62-66-70-81-75(80)69-65-61-57-53-49-45-18-16-14-12-10-8-6-4-2/h10,12,16,18,63,67,72-73,77-78H,3-9,11,13-15,17,19-62,64-66,68-71H2,1-2H3,(H,76,79)/b12-10-,18-16-,67-63+. The van der Waals surface area contributed by atoms with Gasteiger partial charge in [-0.3, -0.25) is 9.59 Å². The van der Waals surface area contributed by atoms with Gasteiger partial charge < -0.3 is 20.3 Å². The van der Waals surface area contributed by atoms with Gasteiger partial charge in [-0.05, 0) is 57.8 Å². The highest BCUT2D eigenvalue weighted by molar-refractivity contribution is 5.76.